The molecule has 2 aromatic rings. The Bertz CT molecular complexity index is 867. The Balaban J connectivity index is 0.000000339. The van der Waals surface area contributed by atoms with Crippen molar-refractivity contribution in [2.75, 3.05) is 13.2 Å². The highest BCUT2D eigenvalue weighted by molar-refractivity contribution is 5.85. The Morgan fingerprint density at radius 2 is 1.52 bits per heavy atom. The molecule has 4 rings (SSSR count). The second-order valence-electron chi connectivity index (χ2n) is 7.53. The molecule has 0 aliphatic carbocycles. The molecule has 0 bridgehead atoms. The minimum atomic E-state index is -5.08. The maximum absolute atomic E-state index is 10.6. The van der Waals surface area contributed by atoms with Gasteiger partial charge in [-0.3, -0.25) is 4.99 Å². The van der Waals surface area contributed by atoms with Crippen molar-refractivity contribution < 1.29 is 27.8 Å². The monoisotopic (exact) mass is 434 g/mol. The van der Waals surface area contributed by atoms with Gasteiger partial charge in [0.15, 0.2) is 0 Å². The molecule has 2 N–H and O–H groups in total. The molecule has 2 aliphatic rings. The number of benzene rings is 2. The van der Waals surface area contributed by atoms with Gasteiger partial charge in [0.05, 0.1) is 11.9 Å². The standard InChI is InChI=1S/C21H24N2O.C2HF3O2/c1-3-7-17(8-4-1)20-21(18-9-5-2-6-10-18)23-19(22-20)15-16-11-13-24-14-12-16;3-2(4,5)1(6)7/h1-10,16,20-21H,11-15H2,(H,22,23);(H,6,7)/t20-,21+;. The summed E-state index contributed by atoms with van der Waals surface area (Å²) in [6.07, 6.45) is -1.75. The summed E-state index contributed by atoms with van der Waals surface area (Å²) in [7, 11) is 0. The number of amidine groups is 1. The first-order valence-corrected chi connectivity index (χ1v) is 10.2. The van der Waals surface area contributed by atoms with Gasteiger partial charge in [-0.05, 0) is 29.9 Å². The summed E-state index contributed by atoms with van der Waals surface area (Å²) in [6, 6.07) is 21.7. The number of ether oxygens (including phenoxy) is 1. The van der Waals surface area contributed by atoms with Gasteiger partial charge in [0.25, 0.3) is 0 Å². The van der Waals surface area contributed by atoms with Gasteiger partial charge in [-0.15, -0.1) is 0 Å². The third kappa shape index (κ3) is 6.55. The zero-order valence-corrected chi connectivity index (χ0v) is 16.9. The molecule has 5 nitrogen and oxygen atoms in total. The van der Waals surface area contributed by atoms with Crippen molar-refractivity contribution in [3.05, 3.63) is 71.8 Å². The highest BCUT2D eigenvalue weighted by Crippen LogP contribution is 2.37. The van der Waals surface area contributed by atoms with Crippen LogP contribution in [0.4, 0.5) is 13.2 Å². The maximum Gasteiger partial charge on any atom is 0.490 e. The van der Waals surface area contributed by atoms with E-state index >= 15 is 0 Å². The van der Waals surface area contributed by atoms with E-state index in [0.717, 1.165) is 38.3 Å². The Morgan fingerprint density at radius 3 is 2.03 bits per heavy atom. The van der Waals surface area contributed by atoms with Crippen LogP contribution in [0.2, 0.25) is 0 Å². The Hall–Kier alpha value is -2.87. The van der Waals surface area contributed by atoms with Gasteiger partial charge in [-0.2, -0.15) is 13.2 Å². The van der Waals surface area contributed by atoms with Gasteiger partial charge in [0.1, 0.15) is 6.04 Å². The molecule has 0 saturated carbocycles. The van der Waals surface area contributed by atoms with Crippen LogP contribution in [0, 0.1) is 5.92 Å². The van der Waals surface area contributed by atoms with Crippen molar-refractivity contribution in [3.8, 4) is 0 Å². The van der Waals surface area contributed by atoms with Gasteiger partial charge in [0.2, 0.25) is 0 Å². The van der Waals surface area contributed by atoms with Crippen LogP contribution in [0.3, 0.4) is 0 Å². The van der Waals surface area contributed by atoms with E-state index in [1.165, 1.54) is 11.1 Å². The minimum Gasteiger partial charge on any atom is -0.475 e. The molecule has 0 unspecified atom stereocenters. The number of carboxylic acids is 1. The maximum atomic E-state index is 10.6. The van der Waals surface area contributed by atoms with Crippen molar-refractivity contribution in [2.24, 2.45) is 10.9 Å². The number of aliphatic imine (C=N–C) groups is 1. The second kappa shape index (κ2) is 10.4. The molecule has 2 atom stereocenters. The quantitative estimate of drug-likeness (QED) is 0.717. The van der Waals surface area contributed by atoms with Crippen LogP contribution in [0.1, 0.15) is 42.5 Å². The van der Waals surface area contributed by atoms with Crippen LogP contribution in [0.5, 0.6) is 0 Å². The summed E-state index contributed by atoms with van der Waals surface area (Å²) < 4.78 is 37.2. The summed E-state index contributed by atoms with van der Waals surface area (Å²) in [4.78, 5) is 14.0. The van der Waals surface area contributed by atoms with Crippen molar-refractivity contribution in [1.29, 1.82) is 0 Å². The molecule has 0 aromatic heterocycles. The third-order valence-corrected chi connectivity index (χ3v) is 5.30. The molecule has 2 aromatic carbocycles. The normalized spacial score (nSPS) is 21.5. The van der Waals surface area contributed by atoms with Crippen LogP contribution >= 0.6 is 0 Å². The number of nitrogens with zero attached hydrogens (tertiary/aromatic N) is 1. The lowest BCUT2D eigenvalue weighted by Gasteiger charge is -2.23. The van der Waals surface area contributed by atoms with Crippen molar-refractivity contribution in [2.45, 2.75) is 37.5 Å². The Labute approximate surface area is 179 Å². The van der Waals surface area contributed by atoms with Crippen LogP contribution < -0.4 is 5.32 Å². The Kier molecular flexibility index (Phi) is 7.68. The molecule has 1 fully saturated rings. The average Bonchev–Trinajstić information content (AvgIpc) is 3.19. The number of hydrogen-bond donors (Lipinski definition) is 2. The van der Waals surface area contributed by atoms with E-state index in [2.05, 4.69) is 66.0 Å². The van der Waals surface area contributed by atoms with E-state index in [1.807, 2.05) is 0 Å². The smallest absolute Gasteiger partial charge is 0.475 e. The molecule has 2 heterocycles. The van der Waals surface area contributed by atoms with Crippen molar-refractivity contribution in [3.63, 3.8) is 0 Å². The number of rotatable bonds is 4. The lowest BCUT2D eigenvalue weighted by molar-refractivity contribution is -0.192. The fraction of sp³-hybridized carbons (Fsp3) is 0.391. The van der Waals surface area contributed by atoms with Crippen molar-refractivity contribution in [1.82, 2.24) is 5.32 Å². The lowest BCUT2D eigenvalue weighted by Crippen LogP contribution is -2.27. The van der Waals surface area contributed by atoms with Gasteiger partial charge >= 0.3 is 12.1 Å². The average molecular weight is 434 g/mol. The highest BCUT2D eigenvalue weighted by Gasteiger charge is 2.38. The first-order valence-electron chi connectivity index (χ1n) is 10.2. The largest absolute Gasteiger partial charge is 0.490 e. The Morgan fingerprint density at radius 1 is 1.00 bits per heavy atom. The molecule has 1 saturated heterocycles. The second-order valence-corrected chi connectivity index (χ2v) is 7.53. The van der Waals surface area contributed by atoms with E-state index in [-0.39, 0.29) is 12.1 Å². The van der Waals surface area contributed by atoms with Crippen molar-refractivity contribution >= 4 is 11.8 Å². The molecule has 31 heavy (non-hydrogen) atoms. The van der Waals surface area contributed by atoms with E-state index < -0.39 is 12.1 Å². The highest BCUT2D eigenvalue weighted by atomic mass is 19.4. The molecule has 0 radical (unpaired) electrons. The van der Waals surface area contributed by atoms with Gasteiger partial charge in [-0.25, -0.2) is 4.79 Å². The van der Waals surface area contributed by atoms with Crippen LogP contribution in [0.15, 0.2) is 65.7 Å². The summed E-state index contributed by atoms with van der Waals surface area (Å²) in [5.41, 5.74) is 2.58. The van der Waals surface area contributed by atoms with Crippen LogP contribution in [-0.4, -0.2) is 36.3 Å². The molecule has 2 aliphatic heterocycles. The number of carboxylic acid groups (broad SMARTS) is 1. The minimum absolute atomic E-state index is 0.156. The zero-order chi connectivity index (χ0) is 22.3. The van der Waals surface area contributed by atoms with Gasteiger partial charge in [-0.1, -0.05) is 60.7 Å². The third-order valence-electron chi connectivity index (χ3n) is 5.30. The molecule has 8 heteroatoms. The predicted molar refractivity (Wildman–Crippen MR) is 111 cm³/mol. The zero-order valence-electron chi connectivity index (χ0n) is 16.9. The van der Waals surface area contributed by atoms with E-state index in [9.17, 15) is 13.2 Å². The summed E-state index contributed by atoms with van der Waals surface area (Å²) in [6.45, 7) is 1.78. The molecule has 0 spiro atoms. The molecular formula is C23H25F3N2O3. The first-order chi connectivity index (χ1) is 14.8. The van der Waals surface area contributed by atoms with Gasteiger partial charge < -0.3 is 15.2 Å². The summed E-state index contributed by atoms with van der Waals surface area (Å²) in [5.74, 6) is -0.909. The van der Waals surface area contributed by atoms with E-state index in [4.69, 9.17) is 19.6 Å². The topological polar surface area (TPSA) is 70.9 Å². The number of carbonyl (C=O) groups is 1. The van der Waals surface area contributed by atoms with Crippen LogP contribution in [0.25, 0.3) is 0 Å². The number of hydrogen-bond acceptors (Lipinski definition) is 4. The first kappa shape index (κ1) is 22.8. The molecule has 166 valence electrons. The molecular weight excluding hydrogens is 409 g/mol. The number of nitrogens with one attached hydrogen (secondary N) is 1. The van der Waals surface area contributed by atoms with E-state index in [0.29, 0.717) is 5.92 Å². The number of alkyl halides is 3. The fourth-order valence-electron chi connectivity index (χ4n) is 3.72. The number of halogens is 3. The van der Waals surface area contributed by atoms with Crippen LogP contribution in [-0.2, 0) is 9.53 Å². The SMILES string of the molecule is O=C(O)C(F)(F)F.c1ccc([C@H]2N=C(CC3CCOCC3)N[C@H]2c2ccccc2)cc1. The number of aliphatic carboxylic acids is 1. The van der Waals surface area contributed by atoms with Gasteiger partial charge in [0, 0.05) is 19.6 Å². The predicted octanol–water partition coefficient (Wildman–Crippen LogP) is 4.92. The lowest BCUT2D eigenvalue weighted by atomic mass is 9.94. The summed E-state index contributed by atoms with van der Waals surface area (Å²) in [5, 5.41) is 10.8. The molecule has 0 amide bonds. The van der Waals surface area contributed by atoms with E-state index in [1.54, 1.807) is 0 Å². The fourth-order valence-corrected chi connectivity index (χ4v) is 3.72. The summed E-state index contributed by atoms with van der Waals surface area (Å²) >= 11 is 0.